The zero-order valence-electron chi connectivity index (χ0n) is 10.5. The maximum atomic E-state index is 12.1. The summed E-state index contributed by atoms with van der Waals surface area (Å²) < 4.78 is 0.998. The van der Waals surface area contributed by atoms with Crippen molar-refractivity contribution in [3.05, 3.63) is 51.3 Å². The van der Waals surface area contributed by atoms with E-state index in [1.807, 2.05) is 11.4 Å². The third kappa shape index (κ3) is 3.15. The molecule has 0 aliphatic rings. The molecule has 2 aromatic heterocycles. The Morgan fingerprint density at radius 2 is 2.05 bits per heavy atom. The van der Waals surface area contributed by atoms with Crippen molar-refractivity contribution in [2.75, 3.05) is 5.32 Å². The third-order valence-corrected chi connectivity index (χ3v) is 5.37. The van der Waals surface area contributed by atoms with E-state index < -0.39 is 0 Å². The second-order valence-electron chi connectivity index (χ2n) is 4.14. The first-order chi connectivity index (χ1) is 10.1. The molecule has 0 spiro atoms. The van der Waals surface area contributed by atoms with Gasteiger partial charge < -0.3 is 10.4 Å². The molecule has 0 radical (unpaired) electrons. The SMILES string of the molecule is O=C(Nc1ccccc1O)c1csc(-c2cc(Br)cs2)n1. The van der Waals surface area contributed by atoms with Crippen molar-refractivity contribution in [3.63, 3.8) is 0 Å². The van der Waals surface area contributed by atoms with Gasteiger partial charge in [-0.1, -0.05) is 12.1 Å². The van der Waals surface area contributed by atoms with Gasteiger partial charge in [0.1, 0.15) is 16.5 Å². The zero-order chi connectivity index (χ0) is 14.8. The van der Waals surface area contributed by atoms with E-state index in [1.54, 1.807) is 34.9 Å². The second kappa shape index (κ2) is 5.97. The zero-order valence-corrected chi connectivity index (χ0v) is 13.8. The molecule has 0 unspecified atom stereocenters. The average Bonchev–Trinajstić information content (AvgIpc) is 3.10. The average molecular weight is 381 g/mol. The molecular formula is C14H9BrN2O2S2. The van der Waals surface area contributed by atoms with Crippen molar-refractivity contribution in [2.24, 2.45) is 0 Å². The lowest BCUT2D eigenvalue weighted by atomic mass is 10.3. The number of hydrogen-bond donors (Lipinski definition) is 2. The number of nitrogens with one attached hydrogen (secondary N) is 1. The molecule has 2 heterocycles. The maximum absolute atomic E-state index is 12.1. The Kier molecular flexibility index (Phi) is 4.05. The molecular weight excluding hydrogens is 372 g/mol. The summed E-state index contributed by atoms with van der Waals surface area (Å²) in [5.41, 5.74) is 0.707. The summed E-state index contributed by atoms with van der Waals surface area (Å²) in [6.45, 7) is 0. The van der Waals surface area contributed by atoms with E-state index in [-0.39, 0.29) is 11.7 Å². The first-order valence-corrected chi connectivity index (χ1v) is 8.48. The molecule has 3 aromatic rings. The predicted octanol–water partition coefficient (Wildman–Crippen LogP) is 4.59. The van der Waals surface area contributed by atoms with Crippen LogP contribution in [-0.2, 0) is 0 Å². The van der Waals surface area contributed by atoms with Crippen LogP contribution in [0.15, 0.2) is 45.6 Å². The molecule has 0 bridgehead atoms. The van der Waals surface area contributed by atoms with E-state index >= 15 is 0 Å². The maximum Gasteiger partial charge on any atom is 0.275 e. The van der Waals surface area contributed by atoms with Crippen LogP contribution in [0.4, 0.5) is 5.69 Å². The summed E-state index contributed by atoms with van der Waals surface area (Å²) in [5.74, 6) is -0.307. The number of anilines is 1. The fourth-order valence-corrected chi connectivity index (χ4v) is 3.99. The lowest BCUT2D eigenvalue weighted by Crippen LogP contribution is -2.12. The molecule has 1 amide bonds. The molecule has 0 aliphatic heterocycles. The van der Waals surface area contributed by atoms with Gasteiger partial charge in [-0.05, 0) is 34.1 Å². The Bertz CT molecular complexity index is 798. The number of phenolic OH excluding ortho intramolecular Hbond substituents is 1. The van der Waals surface area contributed by atoms with Crippen LogP contribution in [0.2, 0.25) is 0 Å². The number of aromatic hydroxyl groups is 1. The quantitative estimate of drug-likeness (QED) is 0.653. The number of para-hydroxylation sites is 2. The van der Waals surface area contributed by atoms with Gasteiger partial charge in [0, 0.05) is 15.2 Å². The number of carbonyl (C=O) groups is 1. The molecule has 2 N–H and O–H groups in total. The van der Waals surface area contributed by atoms with Crippen molar-refractivity contribution < 1.29 is 9.90 Å². The number of carbonyl (C=O) groups excluding carboxylic acids is 1. The summed E-state index contributed by atoms with van der Waals surface area (Å²) in [7, 11) is 0. The molecule has 0 saturated heterocycles. The Morgan fingerprint density at radius 3 is 2.76 bits per heavy atom. The summed E-state index contributed by atoms with van der Waals surface area (Å²) in [4.78, 5) is 17.5. The monoisotopic (exact) mass is 380 g/mol. The summed E-state index contributed by atoms with van der Waals surface area (Å²) in [6, 6.07) is 8.56. The van der Waals surface area contributed by atoms with Gasteiger partial charge in [-0.25, -0.2) is 4.98 Å². The highest BCUT2D eigenvalue weighted by Gasteiger charge is 2.14. The van der Waals surface area contributed by atoms with Crippen molar-refractivity contribution in [1.82, 2.24) is 4.98 Å². The summed E-state index contributed by atoms with van der Waals surface area (Å²) in [5, 5.41) is 16.8. The Labute approximate surface area is 137 Å². The van der Waals surface area contributed by atoms with Crippen molar-refractivity contribution in [1.29, 1.82) is 0 Å². The Morgan fingerprint density at radius 1 is 1.24 bits per heavy atom. The fraction of sp³-hybridized carbons (Fsp3) is 0. The van der Waals surface area contributed by atoms with E-state index in [0.717, 1.165) is 14.4 Å². The lowest BCUT2D eigenvalue weighted by Gasteiger charge is -2.04. The van der Waals surface area contributed by atoms with Crippen molar-refractivity contribution in [2.45, 2.75) is 0 Å². The number of halogens is 1. The van der Waals surface area contributed by atoms with Crippen LogP contribution < -0.4 is 5.32 Å². The number of hydrogen-bond acceptors (Lipinski definition) is 5. The number of thiophene rings is 1. The van der Waals surface area contributed by atoms with Crippen LogP contribution in [0, 0.1) is 0 Å². The van der Waals surface area contributed by atoms with Crippen LogP contribution in [0.3, 0.4) is 0 Å². The minimum absolute atomic E-state index is 0.0310. The minimum Gasteiger partial charge on any atom is -0.506 e. The minimum atomic E-state index is -0.338. The molecule has 0 fully saturated rings. The fourth-order valence-electron chi connectivity index (χ4n) is 1.68. The van der Waals surface area contributed by atoms with Crippen molar-refractivity contribution in [3.8, 4) is 15.6 Å². The molecule has 1 aromatic carbocycles. The third-order valence-electron chi connectivity index (χ3n) is 2.67. The first-order valence-electron chi connectivity index (χ1n) is 5.93. The van der Waals surface area contributed by atoms with Crippen LogP contribution in [0.5, 0.6) is 5.75 Å². The summed E-state index contributed by atoms with van der Waals surface area (Å²) >= 11 is 6.38. The molecule has 7 heteroatoms. The largest absolute Gasteiger partial charge is 0.506 e. The van der Waals surface area contributed by atoms with Crippen molar-refractivity contribution >= 4 is 50.2 Å². The van der Waals surface area contributed by atoms with Gasteiger partial charge in [0.05, 0.1) is 10.6 Å². The number of nitrogens with zero attached hydrogens (tertiary/aromatic N) is 1. The Hall–Kier alpha value is -1.70. The number of aromatic nitrogens is 1. The standard InChI is InChI=1S/C14H9BrN2O2S2/c15-8-5-12(20-6-8)14-17-10(7-21-14)13(19)16-9-3-1-2-4-11(9)18/h1-7,18H,(H,16,19). The number of benzene rings is 1. The number of amides is 1. The lowest BCUT2D eigenvalue weighted by molar-refractivity contribution is 0.102. The van der Waals surface area contributed by atoms with Gasteiger partial charge in [-0.15, -0.1) is 22.7 Å². The van der Waals surface area contributed by atoms with Crippen LogP contribution in [-0.4, -0.2) is 16.0 Å². The van der Waals surface area contributed by atoms with Gasteiger partial charge in [0.2, 0.25) is 0 Å². The van der Waals surface area contributed by atoms with E-state index in [0.29, 0.717) is 11.4 Å². The highest BCUT2D eigenvalue weighted by atomic mass is 79.9. The highest BCUT2D eigenvalue weighted by Crippen LogP contribution is 2.32. The molecule has 0 aliphatic carbocycles. The number of thiazole rings is 1. The topological polar surface area (TPSA) is 62.2 Å². The van der Waals surface area contributed by atoms with Crippen LogP contribution in [0.1, 0.15) is 10.5 Å². The highest BCUT2D eigenvalue weighted by molar-refractivity contribution is 9.10. The van der Waals surface area contributed by atoms with E-state index in [9.17, 15) is 9.90 Å². The predicted molar refractivity (Wildman–Crippen MR) is 89.2 cm³/mol. The van der Waals surface area contributed by atoms with Gasteiger partial charge in [0.25, 0.3) is 5.91 Å². The number of rotatable bonds is 3. The molecule has 4 nitrogen and oxygen atoms in total. The molecule has 106 valence electrons. The molecule has 0 atom stereocenters. The van der Waals surface area contributed by atoms with E-state index in [2.05, 4.69) is 26.2 Å². The van der Waals surface area contributed by atoms with Gasteiger partial charge in [0.15, 0.2) is 0 Å². The first kappa shape index (κ1) is 14.2. The normalized spacial score (nSPS) is 10.5. The van der Waals surface area contributed by atoms with Crippen LogP contribution in [0.25, 0.3) is 9.88 Å². The number of phenols is 1. The van der Waals surface area contributed by atoms with Crippen LogP contribution >= 0.6 is 38.6 Å². The second-order valence-corrected chi connectivity index (χ2v) is 6.82. The van der Waals surface area contributed by atoms with Gasteiger partial charge in [-0.3, -0.25) is 4.79 Å². The smallest absolute Gasteiger partial charge is 0.275 e. The summed E-state index contributed by atoms with van der Waals surface area (Å²) in [6.07, 6.45) is 0. The molecule has 3 rings (SSSR count). The van der Waals surface area contributed by atoms with E-state index in [1.165, 1.54) is 17.4 Å². The molecule has 21 heavy (non-hydrogen) atoms. The Balaban J connectivity index is 1.80. The molecule has 0 saturated carbocycles. The van der Waals surface area contributed by atoms with E-state index in [4.69, 9.17) is 0 Å². The van der Waals surface area contributed by atoms with Gasteiger partial charge >= 0.3 is 0 Å². The van der Waals surface area contributed by atoms with Gasteiger partial charge in [-0.2, -0.15) is 0 Å².